The molecular formula is C11H13O2-. The van der Waals surface area contributed by atoms with Crippen LogP contribution in [0.1, 0.15) is 24.5 Å². The molecule has 0 spiro atoms. The molecule has 0 aromatic heterocycles. The highest BCUT2D eigenvalue weighted by molar-refractivity contribution is 5.67. The van der Waals surface area contributed by atoms with E-state index in [1.807, 2.05) is 24.3 Å². The Morgan fingerprint density at radius 2 is 1.77 bits per heavy atom. The van der Waals surface area contributed by atoms with Crippen LogP contribution in [-0.2, 0) is 17.6 Å². The first kappa shape index (κ1) is 9.78. The number of aryl methyl sites for hydroxylation is 1. The minimum Gasteiger partial charge on any atom is -0.550 e. The van der Waals surface area contributed by atoms with Gasteiger partial charge in [-0.05, 0) is 17.5 Å². The monoisotopic (exact) mass is 177 g/mol. The molecule has 70 valence electrons. The predicted octanol–water partition coefficient (Wildman–Crippen LogP) is 0.931. The van der Waals surface area contributed by atoms with Crippen LogP contribution in [0.2, 0.25) is 0 Å². The molecule has 0 saturated carbocycles. The van der Waals surface area contributed by atoms with Gasteiger partial charge in [0, 0.05) is 12.4 Å². The molecule has 2 nitrogen and oxygen atoms in total. The van der Waals surface area contributed by atoms with Gasteiger partial charge < -0.3 is 9.90 Å². The van der Waals surface area contributed by atoms with Crippen molar-refractivity contribution in [3.05, 3.63) is 35.4 Å². The number of hydrogen-bond donors (Lipinski definition) is 0. The number of rotatable bonds is 4. The van der Waals surface area contributed by atoms with Crippen molar-refractivity contribution in [2.45, 2.75) is 26.2 Å². The first-order valence-corrected chi connectivity index (χ1v) is 4.50. The van der Waals surface area contributed by atoms with Crippen molar-refractivity contribution in [1.29, 1.82) is 0 Å². The SMILES string of the molecule is CCCc1ccc(CC(=O)[O-])cc1. The zero-order chi connectivity index (χ0) is 9.68. The van der Waals surface area contributed by atoms with Crippen molar-refractivity contribution in [2.24, 2.45) is 0 Å². The quantitative estimate of drug-likeness (QED) is 0.686. The van der Waals surface area contributed by atoms with E-state index < -0.39 is 5.97 Å². The lowest BCUT2D eigenvalue weighted by molar-refractivity contribution is -0.304. The normalized spacial score (nSPS) is 9.92. The second kappa shape index (κ2) is 4.65. The molecule has 0 saturated heterocycles. The maximum absolute atomic E-state index is 10.3. The zero-order valence-electron chi connectivity index (χ0n) is 7.75. The minimum absolute atomic E-state index is 0.00635. The second-order valence-corrected chi connectivity index (χ2v) is 3.12. The van der Waals surface area contributed by atoms with E-state index in [1.165, 1.54) is 5.56 Å². The number of benzene rings is 1. The summed E-state index contributed by atoms with van der Waals surface area (Å²) in [4.78, 5) is 10.3. The van der Waals surface area contributed by atoms with Gasteiger partial charge in [-0.1, -0.05) is 37.6 Å². The van der Waals surface area contributed by atoms with E-state index in [0.29, 0.717) is 0 Å². The lowest BCUT2D eigenvalue weighted by atomic mass is 10.1. The van der Waals surface area contributed by atoms with Crippen molar-refractivity contribution >= 4 is 5.97 Å². The van der Waals surface area contributed by atoms with E-state index in [-0.39, 0.29) is 6.42 Å². The van der Waals surface area contributed by atoms with Gasteiger partial charge in [-0.2, -0.15) is 0 Å². The maximum Gasteiger partial charge on any atom is 0.0458 e. The van der Waals surface area contributed by atoms with Crippen molar-refractivity contribution < 1.29 is 9.90 Å². The van der Waals surface area contributed by atoms with Crippen LogP contribution in [0, 0.1) is 0 Å². The summed E-state index contributed by atoms with van der Waals surface area (Å²) in [7, 11) is 0. The Balaban J connectivity index is 2.64. The van der Waals surface area contributed by atoms with Crippen LogP contribution in [0.3, 0.4) is 0 Å². The van der Waals surface area contributed by atoms with Crippen LogP contribution in [-0.4, -0.2) is 5.97 Å². The summed E-state index contributed by atoms with van der Waals surface area (Å²) in [5, 5.41) is 10.3. The van der Waals surface area contributed by atoms with Gasteiger partial charge in [0.2, 0.25) is 0 Å². The number of hydrogen-bond acceptors (Lipinski definition) is 2. The van der Waals surface area contributed by atoms with E-state index >= 15 is 0 Å². The van der Waals surface area contributed by atoms with Crippen LogP contribution in [0.15, 0.2) is 24.3 Å². The van der Waals surface area contributed by atoms with E-state index in [0.717, 1.165) is 18.4 Å². The molecule has 1 aromatic carbocycles. The lowest BCUT2D eigenvalue weighted by Gasteiger charge is -2.03. The summed E-state index contributed by atoms with van der Waals surface area (Å²) in [6.45, 7) is 2.12. The zero-order valence-corrected chi connectivity index (χ0v) is 7.75. The van der Waals surface area contributed by atoms with Gasteiger partial charge in [0.05, 0.1) is 0 Å². The highest BCUT2D eigenvalue weighted by Gasteiger charge is 1.94. The fraction of sp³-hybridized carbons (Fsp3) is 0.364. The molecule has 2 heteroatoms. The third-order valence-corrected chi connectivity index (χ3v) is 1.91. The van der Waals surface area contributed by atoms with Crippen LogP contribution < -0.4 is 5.11 Å². The molecule has 1 aromatic rings. The maximum atomic E-state index is 10.3. The third kappa shape index (κ3) is 3.28. The Labute approximate surface area is 78.2 Å². The molecule has 13 heavy (non-hydrogen) atoms. The summed E-state index contributed by atoms with van der Waals surface area (Å²) in [5.74, 6) is -1.02. The van der Waals surface area contributed by atoms with Gasteiger partial charge in [-0.15, -0.1) is 0 Å². The van der Waals surface area contributed by atoms with Gasteiger partial charge in [0.25, 0.3) is 0 Å². The van der Waals surface area contributed by atoms with E-state index in [9.17, 15) is 9.90 Å². The number of carbonyl (C=O) groups excluding carboxylic acids is 1. The highest BCUT2D eigenvalue weighted by Crippen LogP contribution is 2.06. The van der Waals surface area contributed by atoms with Crippen LogP contribution in [0.25, 0.3) is 0 Å². The Morgan fingerprint density at radius 1 is 1.23 bits per heavy atom. The summed E-state index contributed by atoms with van der Waals surface area (Å²) >= 11 is 0. The third-order valence-electron chi connectivity index (χ3n) is 1.91. The Kier molecular flexibility index (Phi) is 3.50. The predicted molar refractivity (Wildman–Crippen MR) is 49.1 cm³/mol. The molecular weight excluding hydrogens is 164 g/mol. The Morgan fingerprint density at radius 3 is 2.23 bits per heavy atom. The molecule has 0 N–H and O–H groups in total. The van der Waals surface area contributed by atoms with E-state index in [4.69, 9.17) is 0 Å². The molecule has 0 fully saturated rings. The fourth-order valence-corrected chi connectivity index (χ4v) is 1.28. The van der Waals surface area contributed by atoms with Gasteiger partial charge in [0.15, 0.2) is 0 Å². The molecule has 0 aliphatic carbocycles. The molecule has 0 aliphatic rings. The topological polar surface area (TPSA) is 40.1 Å². The van der Waals surface area contributed by atoms with Crippen molar-refractivity contribution in [3.8, 4) is 0 Å². The summed E-state index contributed by atoms with van der Waals surface area (Å²) in [5.41, 5.74) is 2.06. The number of carboxylic acid groups (broad SMARTS) is 1. The molecule has 0 unspecified atom stereocenters. The summed E-state index contributed by atoms with van der Waals surface area (Å²) in [6, 6.07) is 7.64. The second-order valence-electron chi connectivity index (χ2n) is 3.12. The molecule has 0 bridgehead atoms. The summed E-state index contributed by atoms with van der Waals surface area (Å²) in [6.07, 6.45) is 2.16. The van der Waals surface area contributed by atoms with Crippen molar-refractivity contribution in [1.82, 2.24) is 0 Å². The van der Waals surface area contributed by atoms with Crippen LogP contribution >= 0.6 is 0 Å². The van der Waals surface area contributed by atoms with Gasteiger partial charge in [0.1, 0.15) is 0 Å². The molecule has 1 rings (SSSR count). The van der Waals surface area contributed by atoms with Crippen LogP contribution in [0.4, 0.5) is 0 Å². The average Bonchev–Trinajstić information content (AvgIpc) is 2.08. The molecule has 0 aliphatic heterocycles. The summed E-state index contributed by atoms with van der Waals surface area (Å²) < 4.78 is 0. The first-order chi connectivity index (χ1) is 6.22. The van der Waals surface area contributed by atoms with Crippen LogP contribution in [0.5, 0.6) is 0 Å². The largest absolute Gasteiger partial charge is 0.550 e. The van der Waals surface area contributed by atoms with E-state index in [2.05, 4.69) is 6.92 Å². The Hall–Kier alpha value is -1.31. The number of aliphatic carboxylic acids is 1. The smallest absolute Gasteiger partial charge is 0.0458 e. The van der Waals surface area contributed by atoms with Crippen molar-refractivity contribution in [2.75, 3.05) is 0 Å². The standard InChI is InChI=1S/C11H14O2/c1-2-3-9-4-6-10(7-5-9)8-11(12)13/h4-7H,2-3,8H2,1H3,(H,12,13)/p-1. The van der Waals surface area contributed by atoms with Crippen molar-refractivity contribution in [3.63, 3.8) is 0 Å². The number of carbonyl (C=O) groups is 1. The molecule has 0 atom stereocenters. The highest BCUT2D eigenvalue weighted by atomic mass is 16.4. The number of carboxylic acids is 1. The van der Waals surface area contributed by atoms with Gasteiger partial charge in [-0.25, -0.2) is 0 Å². The Bertz CT molecular complexity index is 275. The molecule has 0 amide bonds. The average molecular weight is 177 g/mol. The molecule has 0 heterocycles. The fourth-order valence-electron chi connectivity index (χ4n) is 1.28. The minimum atomic E-state index is -1.02. The van der Waals surface area contributed by atoms with Gasteiger partial charge in [-0.3, -0.25) is 0 Å². The van der Waals surface area contributed by atoms with E-state index in [1.54, 1.807) is 0 Å². The lowest BCUT2D eigenvalue weighted by Crippen LogP contribution is -2.24. The van der Waals surface area contributed by atoms with Gasteiger partial charge >= 0.3 is 0 Å². The molecule has 0 radical (unpaired) electrons. The first-order valence-electron chi connectivity index (χ1n) is 4.50.